The zero-order valence-electron chi connectivity index (χ0n) is 13.9. The Bertz CT molecular complexity index is 731. The van der Waals surface area contributed by atoms with E-state index in [-0.39, 0.29) is 0 Å². The summed E-state index contributed by atoms with van der Waals surface area (Å²) in [5.74, 6) is 2.67. The van der Waals surface area contributed by atoms with Crippen molar-refractivity contribution in [2.24, 2.45) is 0 Å². The van der Waals surface area contributed by atoms with Gasteiger partial charge in [-0.2, -0.15) is 0 Å². The van der Waals surface area contributed by atoms with Gasteiger partial charge in [-0.15, -0.1) is 0 Å². The van der Waals surface area contributed by atoms with Gasteiger partial charge in [0.15, 0.2) is 0 Å². The van der Waals surface area contributed by atoms with Crippen LogP contribution in [-0.4, -0.2) is 13.7 Å². The van der Waals surface area contributed by atoms with Crippen LogP contribution in [0, 0.1) is 0 Å². The molecule has 0 saturated heterocycles. The second kappa shape index (κ2) is 8.25. The quantitative estimate of drug-likeness (QED) is 0.741. The van der Waals surface area contributed by atoms with Gasteiger partial charge in [-0.05, 0) is 60.7 Å². The number of allylic oxidation sites excluding steroid dienone is 2. The summed E-state index contributed by atoms with van der Waals surface area (Å²) in [5, 5.41) is 0. The van der Waals surface area contributed by atoms with Crippen LogP contribution < -0.4 is 9.47 Å². The van der Waals surface area contributed by atoms with Gasteiger partial charge in [0.05, 0.1) is 13.4 Å². The Hall–Kier alpha value is -2.68. The van der Waals surface area contributed by atoms with Gasteiger partial charge in [0, 0.05) is 0 Å². The first kappa shape index (κ1) is 16.2. The Morgan fingerprint density at radius 3 is 2.79 bits per heavy atom. The monoisotopic (exact) mass is 322 g/mol. The summed E-state index contributed by atoms with van der Waals surface area (Å²) < 4.78 is 16.7. The number of rotatable bonds is 7. The van der Waals surface area contributed by atoms with E-state index in [1.807, 2.05) is 42.5 Å². The molecule has 0 atom stereocenters. The number of ether oxygens (including phenoxy) is 3. The van der Waals surface area contributed by atoms with Crippen LogP contribution in [0.3, 0.4) is 0 Å². The third-order valence-corrected chi connectivity index (χ3v) is 3.96. The molecule has 0 saturated carbocycles. The molecule has 0 unspecified atom stereocenters. The summed E-state index contributed by atoms with van der Waals surface area (Å²) in [5.41, 5.74) is 2.46. The second-order valence-electron chi connectivity index (χ2n) is 5.64. The van der Waals surface area contributed by atoms with Crippen LogP contribution in [0.1, 0.15) is 17.5 Å². The molecule has 3 rings (SSSR count). The number of aryl methyl sites for hydroxylation is 2. The van der Waals surface area contributed by atoms with Gasteiger partial charge in [-0.3, -0.25) is 0 Å². The molecular weight excluding hydrogens is 300 g/mol. The number of hydrogen-bond acceptors (Lipinski definition) is 3. The third-order valence-electron chi connectivity index (χ3n) is 3.96. The first-order chi connectivity index (χ1) is 11.8. The Labute approximate surface area is 143 Å². The minimum atomic E-state index is 0.459. The lowest BCUT2D eigenvalue weighted by molar-refractivity contribution is 0.243. The first-order valence-corrected chi connectivity index (χ1v) is 8.19. The van der Waals surface area contributed by atoms with Crippen LogP contribution in [0.5, 0.6) is 11.5 Å². The highest BCUT2D eigenvalue weighted by molar-refractivity contribution is 5.35. The zero-order valence-corrected chi connectivity index (χ0v) is 13.9. The topological polar surface area (TPSA) is 27.7 Å². The van der Waals surface area contributed by atoms with Crippen molar-refractivity contribution in [3.8, 4) is 11.5 Å². The Balaban J connectivity index is 1.62. The minimum absolute atomic E-state index is 0.459. The zero-order chi connectivity index (χ0) is 16.6. The van der Waals surface area contributed by atoms with E-state index in [2.05, 4.69) is 18.2 Å². The molecule has 0 fully saturated rings. The van der Waals surface area contributed by atoms with Gasteiger partial charge in [0.2, 0.25) is 0 Å². The summed E-state index contributed by atoms with van der Waals surface area (Å²) in [6, 6.07) is 16.4. The number of para-hydroxylation sites is 1. The predicted molar refractivity (Wildman–Crippen MR) is 95.3 cm³/mol. The van der Waals surface area contributed by atoms with Crippen molar-refractivity contribution in [3.63, 3.8) is 0 Å². The highest BCUT2D eigenvalue weighted by Crippen LogP contribution is 2.22. The van der Waals surface area contributed by atoms with E-state index in [1.54, 1.807) is 13.4 Å². The smallest absolute Gasteiger partial charge is 0.145 e. The number of hydrogen-bond donors (Lipinski definition) is 0. The molecular formula is C21H22O3. The lowest BCUT2D eigenvalue weighted by Crippen LogP contribution is -2.06. The average Bonchev–Trinajstić information content (AvgIpc) is 2.66. The van der Waals surface area contributed by atoms with Crippen molar-refractivity contribution in [2.75, 3.05) is 13.7 Å². The third kappa shape index (κ3) is 4.42. The van der Waals surface area contributed by atoms with Gasteiger partial charge < -0.3 is 14.2 Å². The molecule has 1 heterocycles. The molecule has 24 heavy (non-hydrogen) atoms. The molecule has 0 aromatic heterocycles. The highest BCUT2D eigenvalue weighted by Gasteiger charge is 2.07. The van der Waals surface area contributed by atoms with Crippen LogP contribution in [0.25, 0.3) is 0 Å². The van der Waals surface area contributed by atoms with E-state index in [1.165, 1.54) is 11.1 Å². The molecule has 3 heteroatoms. The van der Waals surface area contributed by atoms with Gasteiger partial charge in [-0.1, -0.05) is 30.3 Å². The summed E-state index contributed by atoms with van der Waals surface area (Å²) in [4.78, 5) is 0. The van der Waals surface area contributed by atoms with E-state index in [4.69, 9.17) is 14.2 Å². The molecule has 124 valence electrons. The lowest BCUT2D eigenvalue weighted by atomic mass is 10.0. The fourth-order valence-corrected chi connectivity index (χ4v) is 2.64. The molecule has 1 aliphatic heterocycles. The van der Waals surface area contributed by atoms with Crippen LogP contribution in [0.2, 0.25) is 0 Å². The molecule has 2 aromatic rings. The molecule has 0 radical (unpaired) electrons. The van der Waals surface area contributed by atoms with Gasteiger partial charge >= 0.3 is 0 Å². The largest absolute Gasteiger partial charge is 0.497 e. The van der Waals surface area contributed by atoms with Crippen molar-refractivity contribution in [1.29, 1.82) is 0 Å². The SMILES string of the molecule is COc1cccc(CCc2ccccc2OCC2=CCC=CO2)c1. The minimum Gasteiger partial charge on any atom is -0.497 e. The summed E-state index contributed by atoms with van der Waals surface area (Å²) in [6.45, 7) is 0.459. The molecule has 0 bridgehead atoms. The van der Waals surface area contributed by atoms with E-state index >= 15 is 0 Å². The summed E-state index contributed by atoms with van der Waals surface area (Å²) in [6.07, 6.45) is 8.50. The van der Waals surface area contributed by atoms with E-state index in [0.717, 1.165) is 36.5 Å². The van der Waals surface area contributed by atoms with Gasteiger partial charge in [0.1, 0.15) is 23.9 Å². The van der Waals surface area contributed by atoms with Crippen molar-refractivity contribution in [3.05, 3.63) is 83.8 Å². The van der Waals surface area contributed by atoms with Crippen LogP contribution in [-0.2, 0) is 17.6 Å². The van der Waals surface area contributed by atoms with Crippen molar-refractivity contribution in [1.82, 2.24) is 0 Å². The number of methoxy groups -OCH3 is 1. The van der Waals surface area contributed by atoms with E-state index < -0.39 is 0 Å². The summed E-state index contributed by atoms with van der Waals surface area (Å²) >= 11 is 0. The Morgan fingerprint density at radius 2 is 1.96 bits per heavy atom. The second-order valence-corrected chi connectivity index (χ2v) is 5.64. The van der Waals surface area contributed by atoms with Crippen LogP contribution in [0.15, 0.2) is 72.7 Å². The van der Waals surface area contributed by atoms with E-state index in [9.17, 15) is 0 Å². The van der Waals surface area contributed by atoms with Crippen molar-refractivity contribution in [2.45, 2.75) is 19.3 Å². The number of benzene rings is 2. The molecule has 1 aliphatic rings. The molecule has 2 aromatic carbocycles. The van der Waals surface area contributed by atoms with Gasteiger partial charge in [0.25, 0.3) is 0 Å². The molecule has 0 spiro atoms. The Morgan fingerprint density at radius 1 is 1.04 bits per heavy atom. The molecule has 0 amide bonds. The lowest BCUT2D eigenvalue weighted by Gasteiger charge is -2.14. The maximum Gasteiger partial charge on any atom is 0.145 e. The van der Waals surface area contributed by atoms with Crippen molar-refractivity contribution >= 4 is 0 Å². The average molecular weight is 322 g/mol. The first-order valence-electron chi connectivity index (χ1n) is 8.19. The van der Waals surface area contributed by atoms with Gasteiger partial charge in [-0.25, -0.2) is 0 Å². The highest BCUT2D eigenvalue weighted by atomic mass is 16.5. The molecule has 3 nitrogen and oxygen atoms in total. The van der Waals surface area contributed by atoms with Crippen molar-refractivity contribution < 1.29 is 14.2 Å². The Kier molecular flexibility index (Phi) is 5.56. The fraction of sp³-hybridized carbons (Fsp3) is 0.238. The molecule has 0 N–H and O–H groups in total. The maximum atomic E-state index is 5.96. The fourth-order valence-electron chi connectivity index (χ4n) is 2.64. The maximum absolute atomic E-state index is 5.96. The summed E-state index contributed by atoms with van der Waals surface area (Å²) in [7, 11) is 1.69. The predicted octanol–water partition coefficient (Wildman–Crippen LogP) is 4.68. The standard InChI is InChI=1S/C21H22O3/c1-22-19-10-6-7-17(15-19)12-13-18-8-2-3-11-21(18)24-16-20-9-4-5-14-23-20/h2-3,5-11,14-15H,4,12-13,16H2,1H3. The van der Waals surface area contributed by atoms with E-state index in [0.29, 0.717) is 6.61 Å². The molecule has 0 aliphatic carbocycles. The van der Waals surface area contributed by atoms with Crippen LogP contribution in [0.4, 0.5) is 0 Å². The van der Waals surface area contributed by atoms with Crippen LogP contribution >= 0.6 is 0 Å². The normalized spacial score (nSPS) is 13.1.